The Morgan fingerprint density at radius 2 is 1.81 bits per heavy atom. The summed E-state index contributed by atoms with van der Waals surface area (Å²) >= 11 is -1.18. The van der Waals surface area contributed by atoms with E-state index >= 15 is 0 Å². The number of nitrogens with one attached hydrogen (secondary N) is 2. The van der Waals surface area contributed by atoms with Gasteiger partial charge in [0, 0.05) is 18.0 Å². The Bertz CT molecular complexity index is 1420. The largest absolute Gasteiger partial charge is 0.496 e. The Hall–Kier alpha value is -3.93. The molecule has 0 bridgehead atoms. The Labute approximate surface area is 213 Å². The molecule has 0 saturated carbocycles. The van der Waals surface area contributed by atoms with Crippen LogP contribution in [0.15, 0.2) is 73.1 Å². The third kappa shape index (κ3) is 5.65. The summed E-state index contributed by atoms with van der Waals surface area (Å²) in [5.74, 6) is 0.130. The van der Waals surface area contributed by atoms with Gasteiger partial charge in [0.15, 0.2) is 22.0 Å². The number of benzene rings is 2. The molecule has 2 unspecified atom stereocenters. The molecule has 2 aromatic carbocycles. The summed E-state index contributed by atoms with van der Waals surface area (Å²) in [6.45, 7) is 1.85. The van der Waals surface area contributed by atoms with E-state index < -0.39 is 22.4 Å². The van der Waals surface area contributed by atoms with Crippen LogP contribution in [0.25, 0.3) is 0 Å². The zero-order chi connectivity index (χ0) is 25.7. The second-order valence-corrected chi connectivity index (χ2v) is 9.72. The van der Waals surface area contributed by atoms with Crippen LogP contribution in [-0.2, 0) is 11.1 Å². The molecule has 184 valence electrons. The number of anilines is 2. The van der Waals surface area contributed by atoms with Crippen molar-refractivity contribution in [2.45, 2.75) is 12.2 Å². The van der Waals surface area contributed by atoms with Gasteiger partial charge in [-0.15, -0.1) is 0 Å². The minimum Gasteiger partial charge on any atom is -0.496 e. The molecule has 0 spiro atoms. The van der Waals surface area contributed by atoms with Crippen LogP contribution >= 0.6 is 11.3 Å². The highest BCUT2D eigenvalue weighted by Crippen LogP contribution is 2.32. The fraction of sp³-hybridized carbons (Fsp3) is 0.120. The molecule has 0 fully saturated rings. The summed E-state index contributed by atoms with van der Waals surface area (Å²) in [5.41, 5.74) is 2.25. The molecular weight excluding hydrogens is 500 g/mol. The first-order valence-electron chi connectivity index (χ1n) is 10.7. The predicted molar refractivity (Wildman–Crippen MR) is 139 cm³/mol. The predicted octanol–water partition coefficient (Wildman–Crippen LogP) is 5.04. The van der Waals surface area contributed by atoms with Crippen LogP contribution in [0.4, 0.5) is 15.6 Å². The molecule has 36 heavy (non-hydrogen) atoms. The maximum Gasteiger partial charge on any atom is 0.325 e. The van der Waals surface area contributed by atoms with Gasteiger partial charge in [-0.05, 0) is 43.3 Å². The van der Waals surface area contributed by atoms with Gasteiger partial charge in [-0.25, -0.2) is 14.0 Å². The number of para-hydroxylation sites is 1. The number of hydrogen-bond acceptors (Lipinski definition) is 7. The van der Waals surface area contributed by atoms with Crippen LogP contribution in [0, 0.1) is 6.92 Å². The van der Waals surface area contributed by atoms with Gasteiger partial charge in [-0.3, -0.25) is 15.1 Å². The number of rotatable bonds is 8. The van der Waals surface area contributed by atoms with E-state index in [-0.39, 0.29) is 10.9 Å². The molecule has 0 aliphatic heterocycles. The Morgan fingerprint density at radius 3 is 2.53 bits per heavy atom. The molecule has 0 aliphatic rings. The number of methoxy groups -OCH3 is 1. The number of urea groups is 1. The first-order chi connectivity index (χ1) is 17.4. The number of aromatic nitrogens is 2. The molecule has 11 heteroatoms. The molecule has 0 radical (unpaired) electrons. The average molecular weight is 523 g/mol. The fourth-order valence-corrected chi connectivity index (χ4v) is 5.33. The maximum absolute atomic E-state index is 13.3. The van der Waals surface area contributed by atoms with Gasteiger partial charge in [0.25, 0.3) is 0 Å². The lowest BCUT2D eigenvalue weighted by atomic mass is 9.99. The van der Waals surface area contributed by atoms with Crippen molar-refractivity contribution in [1.82, 2.24) is 9.97 Å². The average Bonchev–Trinajstić information content (AvgIpc) is 3.32. The van der Waals surface area contributed by atoms with E-state index in [1.165, 1.54) is 19.5 Å². The molecule has 0 saturated heterocycles. The molecule has 2 amide bonds. The van der Waals surface area contributed by atoms with E-state index in [2.05, 4.69) is 20.6 Å². The van der Waals surface area contributed by atoms with Crippen molar-refractivity contribution in [2.75, 3.05) is 17.7 Å². The number of amides is 2. The third-order valence-electron chi connectivity index (χ3n) is 5.18. The number of ether oxygens (including phenoxy) is 1. The SMILES string of the molecule is COc1ccccc1C(=O)c1cc(C)ccc1NC(=O)Nc1ncc(C(c2ccccn2)S(=O)O)s1. The van der Waals surface area contributed by atoms with Gasteiger partial charge in [0.1, 0.15) is 11.0 Å². The minimum absolute atomic E-state index is 0.221. The van der Waals surface area contributed by atoms with Crippen LogP contribution in [0.5, 0.6) is 5.75 Å². The summed E-state index contributed by atoms with van der Waals surface area (Å²) in [7, 11) is 1.49. The third-order valence-corrected chi connectivity index (χ3v) is 7.21. The van der Waals surface area contributed by atoms with Crippen molar-refractivity contribution < 1.29 is 23.1 Å². The van der Waals surface area contributed by atoms with E-state index in [1.54, 1.807) is 60.7 Å². The molecule has 2 aromatic heterocycles. The van der Waals surface area contributed by atoms with Crippen LogP contribution in [0.1, 0.15) is 37.3 Å². The summed E-state index contributed by atoms with van der Waals surface area (Å²) in [6, 6.07) is 16.5. The Morgan fingerprint density at radius 1 is 1.03 bits per heavy atom. The number of aryl methyl sites for hydroxylation is 1. The monoisotopic (exact) mass is 522 g/mol. The second-order valence-electron chi connectivity index (χ2n) is 7.64. The lowest BCUT2D eigenvalue weighted by molar-refractivity contribution is 0.103. The lowest BCUT2D eigenvalue weighted by Gasteiger charge is -2.13. The number of pyridine rings is 1. The summed E-state index contributed by atoms with van der Waals surface area (Å²) < 4.78 is 27.1. The number of nitrogens with zero attached hydrogens (tertiary/aromatic N) is 2. The normalized spacial score (nSPS) is 12.4. The van der Waals surface area contributed by atoms with Gasteiger partial charge in [-0.2, -0.15) is 0 Å². The highest BCUT2D eigenvalue weighted by molar-refractivity contribution is 7.79. The van der Waals surface area contributed by atoms with Crippen molar-refractivity contribution >= 4 is 45.1 Å². The zero-order valence-electron chi connectivity index (χ0n) is 19.3. The van der Waals surface area contributed by atoms with E-state index in [4.69, 9.17) is 4.74 Å². The standard InChI is InChI=1S/C25H22N4O5S2/c1-15-10-11-18(17(13-15)22(30)16-7-3-4-9-20(16)34-2)28-24(31)29-25-27-14-21(35-25)23(36(32)33)19-8-5-6-12-26-19/h3-14,23H,1-2H3,(H,32,33)(H2,27,28,29,31). The molecule has 2 heterocycles. The smallest absolute Gasteiger partial charge is 0.325 e. The Kier molecular flexibility index (Phi) is 7.84. The van der Waals surface area contributed by atoms with E-state index in [0.717, 1.165) is 16.9 Å². The topological polar surface area (TPSA) is 131 Å². The number of hydrogen-bond donors (Lipinski definition) is 3. The van der Waals surface area contributed by atoms with Crippen LogP contribution in [-0.4, -0.2) is 37.7 Å². The van der Waals surface area contributed by atoms with Gasteiger partial charge >= 0.3 is 6.03 Å². The molecule has 9 nitrogen and oxygen atoms in total. The van der Waals surface area contributed by atoms with Crippen LogP contribution < -0.4 is 15.4 Å². The first-order valence-corrected chi connectivity index (χ1v) is 12.7. The zero-order valence-corrected chi connectivity index (χ0v) is 20.9. The van der Waals surface area contributed by atoms with Crippen molar-refractivity contribution in [3.8, 4) is 5.75 Å². The number of carbonyl (C=O) groups excluding carboxylic acids is 2. The molecule has 4 rings (SSSR count). The van der Waals surface area contributed by atoms with E-state index in [9.17, 15) is 18.4 Å². The van der Waals surface area contributed by atoms with Crippen LogP contribution in [0.2, 0.25) is 0 Å². The quantitative estimate of drug-likeness (QED) is 0.218. The molecule has 0 aliphatic carbocycles. The van der Waals surface area contributed by atoms with Crippen molar-refractivity contribution in [3.05, 3.63) is 100 Å². The first kappa shape index (κ1) is 25.2. The number of carbonyl (C=O) groups is 2. The van der Waals surface area contributed by atoms with E-state index in [0.29, 0.717) is 33.1 Å². The second kappa shape index (κ2) is 11.2. The molecule has 3 N–H and O–H groups in total. The fourth-order valence-electron chi connectivity index (χ4n) is 3.53. The summed E-state index contributed by atoms with van der Waals surface area (Å²) in [6.07, 6.45) is 2.96. The summed E-state index contributed by atoms with van der Waals surface area (Å²) in [5, 5.41) is 4.64. The van der Waals surface area contributed by atoms with Crippen molar-refractivity contribution in [1.29, 1.82) is 0 Å². The molecule has 2 atom stereocenters. The van der Waals surface area contributed by atoms with Gasteiger partial charge in [0.2, 0.25) is 0 Å². The highest BCUT2D eigenvalue weighted by atomic mass is 32.2. The summed E-state index contributed by atoms with van der Waals surface area (Å²) in [4.78, 5) is 34.8. The van der Waals surface area contributed by atoms with Gasteiger partial charge < -0.3 is 14.6 Å². The van der Waals surface area contributed by atoms with Gasteiger partial charge in [-0.1, -0.05) is 41.2 Å². The van der Waals surface area contributed by atoms with E-state index in [1.807, 2.05) is 6.92 Å². The highest BCUT2D eigenvalue weighted by Gasteiger charge is 2.25. The Balaban J connectivity index is 1.54. The lowest BCUT2D eigenvalue weighted by Crippen LogP contribution is -2.21. The maximum atomic E-state index is 13.3. The minimum atomic E-state index is -2.24. The molecule has 4 aromatic rings. The molecular formula is C25H22N4O5S2. The van der Waals surface area contributed by atoms with Crippen molar-refractivity contribution in [3.63, 3.8) is 0 Å². The number of thiazole rings is 1. The number of ketones is 1. The van der Waals surface area contributed by atoms with Gasteiger partial charge in [0.05, 0.1) is 28.9 Å². The van der Waals surface area contributed by atoms with Crippen LogP contribution in [0.3, 0.4) is 0 Å². The van der Waals surface area contributed by atoms with Crippen molar-refractivity contribution in [2.24, 2.45) is 0 Å².